The van der Waals surface area contributed by atoms with Gasteiger partial charge in [0.1, 0.15) is 9.80 Å². The molecule has 0 aromatic heterocycles. The Morgan fingerprint density at radius 1 is 0.531 bits per heavy atom. The Morgan fingerprint density at radius 3 is 1.55 bits per heavy atom. The third-order valence-electron chi connectivity index (χ3n) is 18.0. The minimum Gasteiger partial charge on any atom is -0.385 e. The molecule has 8 aromatic carbocycles. The average molecular weight is 1390 g/mol. The topological polar surface area (TPSA) is 230 Å². The third kappa shape index (κ3) is 18.3. The van der Waals surface area contributed by atoms with Crippen molar-refractivity contribution in [2.24, 2.45) is 21.8 Å². The van der Waals surface area contributed by atoms with Crippen molar-refractivity contribution < 1.29 is 46.9 Å². The van der Waals surface area contributed by atoms with Gasteiger partial charge in [-0.25, -0.2) is 4.21 Å². The molecule has 0 heterocycles. The van der Waals surface area contributed by atoms with Crippen molar-refractivity contribution in [3.05, 3.63) is 275 Å². The maximum atomic E-state index is 13.2. The van der Waals surface area contributed by atoms with Crippen LogP contribution < -0.4 is 15.5 Å². The van der Waals surface area contributed by atoms with Crippen LogP contribution in [-0.2, 0) is 48.5 Å². The molecule has 4 N–H and O–H groups in total. The van der Waals surface area contributed by atoms with E-state index in [0.29, 0.717) is 24.9 Å². The minimum atomic E-state index is -4.47. The van der Waals surface area contributed by atoms with Crippen molar-refractivity contribution in [1.82, 2.24) is 5.32 Å². The van der Waals surface area contributed by atoms with Crippen LogP contribution in [0, 0.1) is 18.8 Å². The molecule has 0 fully saturated rings. The molecule has 98 heavy (non-hydrogen) atoms. The van der Waals surface area contributed by atoms with Crippen molar-refractivity contribution in [1.29, 1.82) is 0 Å². The number of aryl methyl sites for hydroxylation is 1. The molecule has 510 valence electrons. The van der Waals surface area contributed by atoms with Gasteiger partial charge in [-0.15, -0.1) is 0 Å². The lowest BCUT2D eigenvalue weighted by molar-refractivity contribution is 0.396. The smallest absolute Gasteiger partial charge is 0.296 e. The van der Waals surface area contributed by atoms with Gasteiger partial charge in [0, 0.05) is 69.9 Å². The number of allylic oxidation sites excluding steroid dienone is 6. The summed E-state index contributed by atoms with van der Waals surface area (Å²) in [4.78, 5) is 12.0. The van der Waals surface area contributed by atoms with E-state index in [4.69, 9.17) is 18.4 Å². The number of unbranched alkanes of at least 4 members (excludes halogenated alkanes) is 1. The quantitative estimate of drug-likeness (QED) is 0.0155. The number of aliphatic imine (C=N–C) groups is 2. The Balaban J connectivity index is 0.990. The predicted octanol–water partition coefficient (Wildman–Crippen LogP) is 17.4. The number of hydrogen-bond acceptors (Lipinski definition) is 14. The highest BCUT2D eigenvalue weighted by molar-refractivity contribution is 7.95. The second kappa shape index (κ2) is 31.4. The van der Waals surface area contributed by atoms with Crippen LogP contribution in [0.4, 0.5) is 34.1 Å². The highest BCUT2D eigenvalue weighted by Crippen LogP contribution is 2.45. The summed E-state index contributed by atoms with van der Waals surface area (Å²) >= 11 is 0. The molecule has 8 aromatic rings. The van der Waals surface area contributed by atoms with E-state index < -0.39 is 46.1 Å². The molecule has 10 rings (SSSR count). The molecule has 7 atom stereocenters. The van der Waals surface area contributed by atoms with Crippen molar-refractivity contribution in [3.63, 3.8) is 0 Å². The van der Waals surface area contributed by atoms with Gasteiger partial charge in [-0.05, 0) is 230 Å². The van der Waals surface area contributed by atoms with Crippen molar-refractivity contribution in [2.45, 2.75) is 110 Å². The van der Waals surface area contributed by atoms with Gasteiger partial charge in [-0.1, -0.05) is 125 Å². The summed E-state index contributed by atoms with van der Waals surface area (Å²) in [7, 11) is -13.8. The zero-order chi connectivity index (χ0) is 69.9. The van der Waals surface area contributed by atoms with Crippen LogP contribution in [0.2, 0.25) is 0 Å². The van der Waals surface area contributed by atoms with Crippen LogP contribution in [-0.4, -0.2) is 76.6 Å². The molecule has 2 aliphatic rings. The van der Waals surface area contributed by atoms with Gasteiger partial charge in [0.05, 0.1) is 45.2 Å². The monoisotopic (exact) mass is 1390 g/mol. The largest absolute Gasteiger partial charge is 0.385 e. The van der Waals surface area contributed by atoms with Crippen LogP contribution in [0.5, 0.6) is 0 Å². The van der Waals surface area contributed by atoms with Gasteiger partial charge in [0.25, 0.3) is 30.4 Å². The molecule has 0 aliphatic heterocycles. The lowest BCUT2D eigenvalue weighted by Gasteiger charge is -2.31. The summed E-state index contributed by atoms with van der Waals surface area (Å²) in [5.74, 6) is 2.71. The van der Waals surface area contributed by atoms with Gasteiger partial charge in [0.15, 0.2) is 0 Å². The highest BCUT2D eigenvalue weighted by atomic mass is 32.2. The van der Waals surface area contributed by atoms with Gasteiger partial charge >= 0.3 is 0 Å². The zero-order valence-electron chi connectivity index (χ0n) is 55.9. The summed E-state index contributed by atoms with van der Waals surface area (Å²) in [6.07, 6.45) is 16.5. The molecule has 2 aliphatic carbocycles. The Morgan fingerprint density at radius 2 is 1.01 bits per heavy atom. The van der Waals surface area contributed by atoms with Crippen LogP contribution in [0.1, 0.15) is 117 Å². The maximum absolute atomic E-state index is 13.2. The fraction of sp³-hybridized carbons (Fsp3) is 0.244. The Bertz CT molecular complexity index is 4790. The van der Waals surface area contributed by atoms with Gasteiger partial charge in [0.2, 0.25) is 0 Å². The van der Waals surface area contributed by atoms with Gasteiger partial charge < -0.3 is 20.1 Å². The third-order valence-corrected chi connectivity index (χ3v) is 22.4. The summed E-state index contributed by atoms with van der Waals surface area (Å²) in [5, 5.41) is 7.12. The predicted molar refractivity (Wildman–Crippen MR) is 396 cm³/mol. The van der Waals surface area contributed by atoms with E-state index >= 15 is 0 Å². The molecule has 16 nitrogen and oxygen atoms in total. The number of benzene rings is 8. The molecule has 0 spiro atoms. The van der Waals surface area contributed by atoms with Crippen LogP contribution in [0.3, 0.4) is 0 Å². The summed E-state index contributed by atoms with van der Waals surface area (Å²) in [5.41, 5.74) is 14.1. The van der Waals surface area contributed by atoms with E-state index in [1.807, 2.05) is 121 Å². The normalized spacial score (nSPS) is 17.7. The minimum absolute atomic E-state index is 0.0126. The standard InChI is InChI=1S/C78H83N5O11S4/c1-9-10-46-79-65-28-44-77(55(4)48-65)82-68-29-45-78(56(5)49-68)81-67-13-11-12-66(52-67)80-64-26-16-58(17-27-64)62(47-54(3)57-20-36-72(37-21-57)95(8,84)85)50-63(59-22-38-74(39-23-59)97(89,90)93-6)51-76(61-24-40-75(41-25-61)98(91,92)94-7)60-18-32-70(33-19-60)83(69-30-14-53(2)15-31-69)71-34-42-73(43-35-71)96(86,87)88/h11-45,48-49,52,54-56,62-63,76,79-80H,8-10,46-47,50-51H2,1-7H3,(H,84,85)(H,86,87,88). The molecule has 0 saturated heterocycles. The first-order valence-electron chi connectivity index (χ1n) is 32.5. The summed E-state index contributed by atoms with van der Waals surface area (Å²) in [6, 6.07) is 58.5. The van der Waals surface area contributed by atoms with E-state index in [9.17, 15) is 38.6 Å². The van der Waals surface area contributed by atoms with E-state index in [-0.39, 0.29) is 49.2 Å². The van der Waals surface area contributed by atoms with Crippen LogP contribution in [0.15, 0.2) is 272 Å². The van der Waals surface area contributed by atoms with E-state index in [2.05, 4.69) is 92.8 Å². The van der Waals surface area contributed by atoms with Crippen molar-refractivity contribution >= 4 is 91.6 Å². The molecule has 0 bridgehead atoms. The molecular formula is C78H83N5O11S4. The van der Waals surface area contributed by atoms with E-state index in [0.717, 1.165) is 118 Å². The number of nitrogens with one attached hydrogen (secondary N) is 2. The summed E-state index contributed by atoms with van der Waals surface area (Å²) in [6.45, 7) is 11.5. The lowest BCUT2D eigenvalue weighted by Crippen LogP contribution is -2.19. The molecule has 0 saturated carbocycles. The van der Waals surface area contributed by atoms with Crippen molar-refractivity contribution in [2.75, 3.05) is 31.0 Å². The number of rotatable bonds is 28. The number of nitrogens with zero attached hydrogens (tertiary/aromatic N) is 3. The first kappa shape index (κ1) is 71.9. The SMILES string of the molecule is C=S(=O)(O)c1ccc(C(C)CC(CC(CC(c2ccc(N(c3ccc(C)cc3)c3ccc(S(=O)(=O)O)cc3)cc2)c2ccc(S(=O)(=O)OC)cc2)c2ccc(S(=O)(=O)OC)cc2)c2ccc(Nc3cccc(N=C4C=CC(N=C5C=CC(NCCCC)=CC5C)=CC4C)c3)cc2)cc1. The maximum Gasteiger partial charge on any atom is 0.296 e. The molecular weight excluding hydrogens is 1310 g/mol. The first-order chi connectivity index (χ1) is 46.8. The Labute approximate surface area is 578 Å². The van der Waals surface area contributed by atoms with Gasteiger partial charge in [-0.3, -0.25) is 22.9 Å². The average Bonchev–Trinajstić information content (AvgIpc) is 0.790. The van der Waals surface area contributed by atoms with E-state index in [1.54, 1.807) is 48.5 Å². The Kier molecular flexibility index (Phi) is 23.0. The number of anilines is 5. The Hall–Kier alpha value is -8.83. The fourth-order valence-electron chi connectivity index (χ4n) is 12.4. The molecule has 0 amide bonds. The van der Waals surface area contributed by atoms with Gasteiger partial charge in [-0.2, -0.15) is 25.3 Å². The van der Waals surface area contributed by atoms with Crippen molar-refractivity contribution in [3.8, 4) is 0 Å². The number of hydrogen-bond donors (Lipinski definition) is 4. The highest BCUT2D eigenvalue weighted by Gasteiger charge is 2.29. The second-order valence-electron chi connectivity index (χ2n) is 25.0. The summed E-state index contributed by atoms with van der Waals surface area (Å²) < 4.78 is 119. The fourth-order valence-corrected chi connectivity index (χ4v) is 14.8. The molecule has 0 radical (unpaired) electrons. The lowest BCUT2D eigenvalue weighted by atomic mass is 9.74. The van der Waals surface area contributed by atoms with Crippen LogP contribution in [0.25, 0.3) is 0 Å². The van der Waals surface area contributed by atoms with Crippen LogP contribution >= 0.6 is 0 Å². The molecule has 7 unspecified atom stereocenters. The first-order valence-corrected chi connectivity index (χ1v) is 38.4. The van der Waals surface area contributed by atoms with E-state index in [1.165, 1.54) is 24.3 Å². The zero-order valence-corrected chi connectivity index (χ0v) is 59.2. The second-order valence-corrected chi connectivity index (χ2v) is 31.6. The molecule has 20 heteroatoms.